The highest BCUT2D eigenvalue weighted by Crippen LogP contribution is 2.33. The largest absolute Gasteiger partial charge is 0.241 e. The van der Waals surface area contributed by atoms with Crippen molar-refractivity contribution in [2.24, 2.45) is 0 Å². The van der Waals surface area contributed by atoms with E-state index in [1.807, 2.05) is 12.1 Å². The van der Waals surface area contributed by atoms with Gasteiger partial charge in [-0.3, -0.25) is 0 Å². The van der Waals surface area contributed by atoms with Crippen LogP contribution >= 0.6 is 15.9 Å². The second-order valence-electron chi connectivity index (χ2n) is 32.6. The maximum atomic E-state index is 7.61. The van der Waals surface area contributed by atoms with Gasteiger partial charge in [0, 0.05) is 672 Å². The zero-order valence-electron chi connectivity index (χ0n) is 66.7. The molecule has 0 saturated carbocycles. The third-order valence-electron chi connectivity index (χ3n) is 23.4. The van der Waals surface area contributed by atoms with Crippen LogP contribution in [0.5, 0.6) is 0 Å². The van der Waals surface area contributed by atoms with Gasteiger partial charge in [-0.2, -0.15) is 0 Å². The minimum Gasteiger partial charge on any atom is -0.241 e. The molecule has 0 aliphatic carbocycles. The van der Waals surface area contributed by atoms with E-state index in [1.165, 1.54) is 11.1 Å². The Kier molecular flexibility index (Phi) is 52.7. The van der Waals surface area contributed by atoms with Crippen LogP contribution in [0.4, 0.5) is 0 Å². The van der Waals surface area contributed by atoms with Crippen LogP contribution in [0.1, 0.15) is 26.5 Å². The van der Waals surface area contributed by atoms with Crippen molar-refractivity contribution in [3.8, 4) is 22.4 Å². The summed E-state index contributed by atoms with van der Waals surface area (Å²) in [6, 6.07) is 18.8. The molecular weight excluding hydrogens is 1340 g/mol. The summed E-state index contributed by atoms with van der Waals surface area (Å²) in [5, 5.41) is 0. The van der Waals surface area contributed by atoms with E-state index in [2.05, 4.69) is 89.1 Å². The van der Waals surface area contributed by atoms with Crippen LogP contribution in [0.3, 0.4) is 0 Å². The molecule has 2 aromatic carbocycles. The molecule has 1 heterocycles. The first-order chi connectivity index (χ1) is 52.8. The van der Waals surface area contributed by atoms with Gasteiger partial charge < -0.3 is 0 Å². The molecule has 94 radical (unpaired) electrons. The van der Waals surface area contributed by atoms with Crippen LogP contribution in [-0.4, -0.2) is 661 Å². The van der Waals surface area contributed by atoms with Gasteiger partial charge in [0.05, 0.1) is 5.69 Å². The number of nitrogens with zero attached hydrogens (tertiary/aromatic N) is 2. The van der Waals surface area contributed by atoms with Gasteiger partial charge >= 0.3 is 0 Å². The SMILES string of the molecule is CC(C)(C)c1cc(-c2ccc(-c3ccccc3Br)cc2)ncn1.[B]B([B])B([B])B(B(B([B])[B])B([B])[B])B(B(B(B([B])[B])B([B])[B])B(B([B])[B])B([B])[B])B(B(B(B(B([B])[B])B([B])[B])B(B([B])[B])B([B])[B])B(B(B([B])[B])B([B])[B])B(B([B])[B])B([B])[B])B(B(B(B([B])[B])B([B])[B])B(B([B])[B])B([B])[B])B(B(B([B])[B])B([B])[B])B(B([B])[B])B([B])[B]. The molecule has 2 nitrogen and oxygen atoms in total. The molecule has 115 heavy (non-hydrogen) atoms. The van der Waals surface area contributed by atoms with Gasteiger partial charge in [-0.1, -0.05) is 79.2 Å². The molecule has 0 saturated heterocycles. The molecule has 95 heteroatoms. The van der Waals surface area contributed by atoms with Crippen molar-refractivity contribution in [1.82, 2.24) is 9.97 Å². The lowest BCUT2D eigenvalue weighted by Gasteiger charge is -2.62. The molecule has 3 aromatic rings. The van der Waals surface area contributed by atoms with Crippen LogP contribution < -0.4 is 0 Å². The van der Waals surface area contributed by atoms with Gasteiger partial charge in [-0.15, -0.1) is 0 Å². The molecule has 1 aromatic heterocycles. The van der Waals surface area contributed by atoms with Crippen molar-refractivity contribution in [2.45, 2.75) is 26.2 Å². The van der Waals surface area contributed by atoms with Gasteiger partial charge in [0.15, 0.2) is 0 Å². The molecule has 0 spiro atoms. The number of hydrogen-bond acceptors (Lipinski definition) is 2. The van der Waals surface area contributed by atoms with E-state index < -0.39 is 287 Å². The van der Waals surface area contributed by atoms with Crippen LogP contribution in [0.15, 0.2) is 65.4 Å². The van der Waals surface area contributed by atoms with Crippen molar-refractivity contribution in [3.05, 3.63) is 71.1 Å². The summed E-state index contributed by atoms with van der Waals surface area (Å²) in [6.45, 7) is 6.49. The van der Waals surface area contributed by atoms with Gasteiger partial charge in [-0.05, 0) is 23.3 Å². The molecule has 0 fully saturated rings. The summed E-state index contributed by atoms with van der Waals surface area (Å²) < 4.78 is 1.10. The molecule has 0 bridgehead atoms. The number of hydrogen-bond donors (Lipinski definition) is 0. The highest BCUT2D eigenvalue weighted by Gasteiger charge is 2.68. The van der Waals surface area contributed by atoms with Crippen molar-refractivity contribution in [1.29, 1.82) is 0 Å². The average molecular weight is 1360 g/mol. The normalized spacial score (nSPS) is 10.2. The average Bonchev–Trinajstić information content (AvgIpc) is 0.709. The Morgan fingerprint density at radius 3 is 0.591 bits per heavy atom. The van der Waals surface area contributed by atoms with E-state index in [-0.39, 0.29) is 5.41 Å². The maximum Gasteiger partial charge on any atom is 0.116 e. The molecular formula is C20H19B92BrN2. The summed E-state index contributed by atoms with van der Waals surface area (Å²) in [6.07, 6.45) is -80.3. The van der Waals surface area contributed by atoms with E-state index in [0.717, 1.165) is 21.4 Å². The summed E-state index contributed by atoms with van der Waals surface area (Å²) in [7, 11) is 330. The zero-order chi connectivity index (χ0) is 89.4. The van der Waals surface area contributed by atoms with Crippen LogP contribution in [-0.2, 0) is 5.41 Å². The van der Waals surface area contributed by atoms with Crippen molar-refractivity contribution < 1.29 is 0 Å². The van der Waals surface area contributed by atoms with Crippen molar-refractivity contribution in [3.63, 3.8) is 0 Å². The number of rotatable bonds is 46. The fraction of sp³-hybridized carbons (Fsp3) is 0.200. The Morgan fingerprint density at radius 1 is 0.217 bits per heavy atom. The quantitative estimate of drug-likeness (QED) is 0.0527. The second-order valence-corrected chi connectivity index (χ2v) is 33.4. The zero-order valence-corrected chi connectivity index (χ0v) is 68.2. The minimum absolute atomic E-state index is 0.0204. The Bertz CT molecular complexity index is 2780. The number of benzene rings is 2. The number of halogens is 1. The predicted octanol–water partition coefficient (Wildman–Crippen LogP) is -29.2. The highest BCUT2D eigenvalue weighted by atomic mass is 79.9. The van der Waals surface area contributed by atoms with E-state index >= 15 is 0 Å². The van der Waals surface area contributed by atoms with Crippen LogP contribution in [0, 0.1) is 0 Å². The van der Waals surface area contributed by atoms with Crippen LogP contribution in [0.2, 0.25) is 0 Å². The molecule has 0 unspecified atom stereocenters. The van der Waals surface area contributed by atoms with Crippen molar-refractivity contribution in [2.75, 3.05) is 0 Å². The summed E-state index contributed by atoms with van der Waals surface area (Å²) >= 11 is 3.61. The van der Waals surface area contributed by atoms with Crippen molar-refractivity contribution >= 4 is 667 Å². The fourth-order valence-electron chi connectivity index (χ4n) is 18.9. The third kappa shape index (κ3) is 31.4. The van der Waals surface area contributed by atoms with Crippen LogP contribution in [0.25, 0.3) is 22.4 Å². The lowest BCUT2D eigenvalue weighted by molar-refractivity contribution is 0.567. The molecule has 0 amide bonds. The predicted molar refractivity (Wildman–Crippen MR) is 629 cm³/mol. The fourth-order valence-corrected chi connectivity index (χ4v) is 19.4. The van der Waals surface area contributed by atoms with Gasteiger partial charge in [0.1, 0.15) is 6.33 Å². The smallest absolute Gasteiger partial charge is 0.116 e. The molecule has 392 valence electrons. The summed E-state index contributed by atoms with van der Waals surface area (Å²) in [5.74, 6) is 0. The van der Waals surface area contributed by atoms with E-state index in [9.17, 15) is 0 Å². The Hall–Kier alpha value is 3.97. The molecule has 0 aliphatic rings. The molecule has 3 rings (SSSR count). The van der Waals surface area contributed by atoms with Gasteiger partial charge in [0.25, 0.3) is 0 Å². The summed E-state index contributed by atoms with van der Waals surface area (Å²) in [4.78, 5) is 8.82. The highest BCUT2D eigenvalue weighted by molar-refractivity contribution is 9.10. The number of aromatic nitrogens is 2. The Balaban J connectivity index is 0.00000163. The van der Waals surface area contributed by atoms with E-state index in [1.54, 1.807) is 6.33 Å². The topological polar surface area (TPSA) is 25.8 Å². The monoisotopic (exact) mass is 1380 g/mol. The lowest BCUT2D eigenvalue weighted by atomic mass is 8.19. The minimum atomic E-state index is -2.18. The van der Waals surface area contributed by atoms with Gasteiger partial charge in [-0.25, -0.2) is 9.97 Å². The third-order valence-corrected chi connectivity index (χ3v) is 24.0. The molecule has 0 N–H and O–H groups in total. The van der Waals surface area contributed by atoms with E-state index in [0.29, 0.717) is 0 Å². The second kappa shape index (κ2) is 52.7. The first-order valence-electron chi connectivity index (χ1n) is 38.0. The maximum absolute atomic E-state index is 7.61. The van der Waals surface area contributed by atoms with Gasteiger partial charge in [0.2, 0.25) is 0 Å². The molecule has 0 atom stereocenters. The first kappa shape index (κ1) is 115. The van der Waals surface area contributed by atoms with E-state index in [4.69, 9.17) is 364 Å². The summed E-state index contributed by atoms with van der Waals surface area (Å²) in [5.41, 5.74) is 5.52. The Labute approximate surface area is 788 Å². The Morgan fingerprint density at radius 2 is 0.400 bits per heavy atom. The first-order valence-corrected chi connectivity index (χ1v) is 38.8. The lowest BCUT2D eigenvalue weighted by Crippen LogP contribution is -3.01. The standard InChI is InChI=1S/C20H19BrN2.B92/c1-20(2,3)19-12-18(22-13-23-19)15-10-8-14(9-11-15)16-6-4-5-7-17(16)21;1-48(2)71(47)83(72(49(3)4)50(5)6)89(84(73(51(7)8)52(9)10)74(53(11)12)54(13)14)92(90(85(75(55(15)16)56(17)18)76(57(19)20)58(21)22)86(77(59(23)24)60(25)26)78(61(27)28)62(29)30)91(87(79(63(31)32)64(33)34)80(65(35)36)66(37)38)88(81(67(39)40)68(41)42)82(69(43)44)70(45)46/h4-13H,1-3H3;. The molecule has 0 aliphatic heterocycles.